The fourth-order valence-electron chi connectivity index (χ4n) is 6.17. The lowest BCUT2D eigenvalue weighted by Gasteiger charge is -2.34. The van der Waals surface area contributed by atoms with Crippen molar-refractivity contribution in [1.29, 1.82) is 0 Å². The Morgan fingerprint density at radius 2 is 1.48 bits per heavy atom. The molecule has 234 valence electrons. The topological polar surface area (TPSA) is 124 Å². The highest BCUT2D eigenvalue weighted by Crippen LogP contribution is 2.32. The van der Waals surface area contributed by atoms with Gasteiger partial charge in [-0.05, 0) is 69.2 Å². The molecule has 0 radical (unpaired) electrons. The van der Waals surface area contributed by atoms with E-state index in [1.165, 1.54) is 23.3 Å². The van der Waals surface area contributed by atoms with Crippen LogP contribution < -0.4 is 0 Å². The molecule has 14 heteroatoms. The zero-order valence-electron chi connectivity index (χ0n) is 25.7. The molecular formula is C32H34FN13. The maximum atomic E-state index is 13.3. The average molecular weight is 620 g/mol. The lowest BCUT2D eigenvalue weighted by Crippen LogP contribution is -2.39. The van der Waals surface area contributed by atoms with Crippen molar-refractivity contribution in [3.05, 3.63) is 131 Å². The second-order valence-electron chi connectivity index (χ2n) is 11.5. The zero-order valence-corrected chi connectivity index (χ0v) is 25.7. The van der Waals surface area contributed by atoms with Gasteiger partial charge in [0.2, 0.25) is 0 Å². The SMILES string of the molecule is Cc1cccc(CN2CCn3nnnc3C2c2ccccn2)c1.Cn1ccc(CN2CCn3nnnc3C2c2ccc(F)cc2)n1. The number of benzene rings is 2. The van der Waals surface area contributed by atoms with Gasteiger partial charge in [-0.3, -0.25) is 19.5 Å². The molecule has 0 saturated heterocycles. The Balaban J connectivity index is 0.000000147. The molecule has 0 fully saturated rings. The van der Waals surface area contributed by atoms with Gasteiger partial charge in [-0.15, -0.1) is 10.2 Å². The summed E-state index contributed by atoms with van der Waals surface area (Å²) in [7, 11) is 1.90. The van der Waals surface area contributed by atoms with Crippen molar-refractivity contribution < 1.29 is 4.39 Å². The Bertz CT molecular complexity index is 1880. The Morgan fingerprint density at radius 3 is 2.13 bits per heavy atom. The molecule has 0 N–H and O–H groups in total. The van der Waals surface area contributed by atoms with Crippen LogP contribution in [0.2, 0.25) is 0 Å². The van der Waals surface area contributed by atoms with Gasteiger partial charge in [0, 0.05) is 45.6 Å². The highest BCUT2D eigenvalue weighted by Gasteiger charge is 2.33. The molecular weight excluding hydrogens is 585 g/mol. The number of nitrogens with zero attached hydrogens (tertiary/aromatic N) is 13. The third-order valence-electron chi connectivity index (χ3n) is 8.29. The van der Waals surface area contributed by atoms with E-state index in [1.807, 2.05) is 53.1 Å². The van der Waals surface area contributed by atoms with Crippen molar-refractivity contribution >= 4 is 0 Å². The molecule has 0 bridgehead atoms. The maximum Gasteiger partial charge on any atom is 0.174 e. The molecule has 2 aliphatic heterocycles. The van der Waals surface area contributed by atoms with E-state index in [2.05, 4.69) is 82.1 Å². The lowest BCUT2D eigenvalue weighted by molar-refractivity contribution is 0.161. The molecule has 2 atom stereocenters. The van der Waals surface area contributed by atoms with Gasteiger partial charge in [0.05, 0.1) is 30.5 Å². The van der Waals surface area contributed by atoms with Gasteiger partial charge in [-0.1, -0.05) is 48.0 Å². The van der Waals surface area contributed by atoms with Gasteiger partial charge in [-0.25, -0.2) is 13.8 Å². The molecule has 13 nitrogen and oxygen atoms in total. The normalized spacial score (nSPS) is 18.0. The van der Waals surface area contributed by atoms with E-state index in [-0.39, 0.29) is 17.9 Å². The number of hydrogen-bond donors (Lipinski definition) is 0. The molecule has 0 amide bonds. The number of hydrogen-bond acceptors (Lipinski definition) is 10. The molecule has 2 aromatic carbocycles. The Hall–Kier alpha value is -5.21. The largest absolute Gasteiger partial charge is 0.282 e. The van der Waals surface area contributed by atoms with Crippen molar-refractivity contribution in [2.45, 2.75) is 45.2 Å². The average Bonchev–Trinajstić information content (AvgIpc) is 3.84. The molecule has 2 aliphatic rings. The van der Waals surface area contributed by atoms with Gasteiger partial charge in [0.1, 0.15) is 11.9 Å². The summed E-state index contributed by atoms with van der Waals surface area (Å²) in [5, 5.41) is 28.6. The fourth-order valence-corrected chi connectivity index (χ4v) is 6.17. The highest BCUT2D eigenvalue weighted by molar-refractivity contribution is 5.27. The van der Waals surface area contributed by atoms with Crippen molar-refractivity contribution in [2.75, 3.05) is 13.1 Å². The van der Waals surface area contributed by atoms with Crippen LogP contribution in [0.15, 0.2) is 85.2 Å². The summed E-state index contributed by atoms with van der Waals surface area (Å²) < 4.78 is 18.7. The van der Waals surface area contributed by atoms with E-state index in [0.717, 1.165) is 61.3 Å². The van der Waals surface area contributed by atoms with Crippen LogP contribution in [-0.2, 0) is 33.2 Å². The Morgan fingerprint density at radius 1 is 0.761 bits per heavy atom. The van der Waals surface area contributed by atoms with E-state index in [1.54, 1.807) is 16.8 Å². The van der Waals surface area contributed by atoms with Crippen LogP contribution in [0, 0.1) is 12.7 Å². The van der Waals surface area contributed by atoms with Crippen molar-refractivity contribution in [2.24, 2.45) is 7.05 Å². The first-order valence-corrected chi connectivity index (χ1v) is 15.2. The van der Waals surface area contributed by atoms with E-state index in [9.17, 15) is 4.39 Å². The number of tetrazole rings is 2. The van der Waals surface area contributed by atoms with E-state index < -0.39 is 0 Å². The fraction of sp³-hybridized carbons (Fsp3) is 0.312. The van der Waals surface area contributed by atoms with Crippen molar-refractivity contribution in [3.8, 4) is 0 Å². The number of aryl methyl sites for hydroxylation is 2. The van der Waals surface area contributed by atoms with Crippen LogP contribution in [0.1, 0.15) is 51.8 Å². The predicted molar refractivity (Wildman–Crippen MR) is 165 cm³/mol. The van der Waals surface area contributed by atoms with Crippen LogP contribution in [0.5, 0.6) is 0 Å². The summed E-state index contributed by atoms with van der Waals surface area (Å²) in [5.41, 5.74) is 5.51. The summed E-state index contributed by atoms with van der Waals surface area (Å²) in [4.78, 5) is 9.20. The third-order valence-corrected chi connectivity index (χ3v) is 8.29. The lowest BCUT2D eigenvalue weighted by atomic mass is 10.0. The summed E-state index contributed by atoms with van der Waals surface area (Å²) in [6.07, 6.45) is 3.75. The molecule has 6 aromatic rings. The van der Waals surface area contributed by atoms with Crippen LogP contribution in [0.4, 0.5) is 4.39 Å². The van der Waals surface area contributed by atoms with Gasteiger partial charge in [-0.2, -0.15) is 5.10 Å². The predicted octanol–water partition coefficient (Wildman–Crippen LogP) is 3.13. The van der Waals surface area contributed by atoms with E-state index in [4.69, 9.17) is 0 Å². The molecule has 4 aromatic heterocycles. The van der Waals surface area contributed by atoms with Gasteiger partial charge in [0.15, 0.2) is 11.6 Å². The summed E-state index contributed by atoms with van der Waals surface area (Å²) in [6, 6.07) is 23.0. The number of rotatable bonds is 6. The van der Waals surface area contributed by atoms with E-state index in [0.29, 0.717) is 6.54 Å². The number of halogens is 1. The van der Waals surface area contributed by atoms with Gasteiger partial charge >= 0.3 is 0 Å². The van der Waals surface area contributed by atoms with Crippen molar-refractivity contribution in [1.82, 2.24) is 65.0 Å². The first-order valence-electron chi connectivity index (χ1n) is 15.2. The standard InChI is InChI=1S/C17H18N6.C15H16FN7/c1-13-5-4-6-14(11-13)12-22-9-10-23-17(19-20-21-23)16(22)15-7-2-3-8-18-15;1-21-7-6-13(18-21)10-22-8-9-23-15(17-19-20-23)14(22)11-2-4-12(16)5-3-11/h2-8,11,16H,9-10,12H2,1H3;2-7,14H,8-10H2,1H3. The van der Waals surface area contributed by atoms with E-state index >= 15 is 0 Å². The monoisotopic (exact) mass is 619 g/mol. The first-order chi connectivity index (χ1) is 22.5. The second-order valence-corrected chi connectivity index (χ2v) is 11.5. The van der Waals surface area contributed by atoms with Crippen LogP contribution in [0.3, 0.4) is 0 Å². The van der Waals surface area contributed by atoms with Gasteiger partial charge < -0.3 is 0 Å². The summed E-state index contributed by atoms with van der Waals surface area (Å²) in [6.45, 7) is 6.90. The molecule has 0 spiro atoms. The first kappa shape index (κ1) is 29.5. The Kier molecular flexibility index (Phi) is 8.35. The number of pyridine rings is 1. The van der Waals surface area contributed by atoms with Crippen LogP contribution >= 0.6 is 0 Å². The quantitative estimate of drug-likeness (QED) is 0.275. The molecule has 0 saturated carbocycles. The van der Waals surface area contributed by atoms with Crippen LogP contribution in [0.25, 0.3) is 0 Å². The third kappa shape index (κ3) is 6.30. The number of aromatic nitrogens is 11. The van der Waals surface area contributed by atoms with Crippen molar-refractivity contribution in [3.63, 3.8) is 0 Å². The highest BCUT2D eigenvalue weighted by atomic mass is 19.1. The maximum absolute atomic E-state index is 13.3. The molecule has 2 unspecified atom stereocenters. The van der Waals surface area contributed by atoms with Crippen LogP contribution in [-0.4, -0.2) is 78.1 Å². The summed E-state index contributed by atoms with van der Waals surface area (Å²) in [5.74, 6) is 1.39. The molecule has 0 aliphatic carbocycles. The minimum absolute atomic E-state index is 0.0135. The smallest absolute Gasteiger partial charge is 0.174 e. The second kappa shape index (κ2) is 13.0. The summed E-state index contributed by atoms with van der Waals surface area (Å²) >= 11 is 0. The Labute approximate surface area is 265 Å². The minimum atomic E-state index is -0.250. The molecule has 6 heterocycles. The van der Waals surface area contributed by atoms with Gasteiger partial charge in [0.25, 0.3) is 0 Å². The molecule has 46 heavy (non-hydrogen) atoms. The number of fused-ring (bicyclic) bond motifs is 2. The molecule has 8 rings (SSSR count). The zero-order chi connectivity index (χ0) is 31.5. The minimum Gasteiger partial charge on any atom is -0.282 e.